The summed E-state index contributed by atoms with van der Waals surface area (Å²) in [4.78, 5) is 19.1. The van der Waals surface area contributed by atoms with Crippen molar-refractivity contribution in [2.24, 2.45) is 4.99 Å². The van der Waals surface area contributed by atoms with E-state index < -0.39 is 11.6 Å². The third kappa shape index (κ3) is 5.99. The molecular weight excluding hydrogens is 436 g/mol. The molecule has 0 spiro atoms. The maximum atomic E-state index is 14.3. The molecule has 1 aliphatic rings. The Morgan fingerprint density at radius 1 is 1.15 bits per heavy atom. The Bertz CT molecular complexity index is 1100. The molecule has 3 rings (SSSR count). The summed E-state index contributed by atoms with van der Waals surface area (Å²) >= 11 is 0. The third-order valence-corrected chi connectivity index (χ3v) is 5.93. The van der Waals surface area contributed by atoms with E-state index in [2.05, 4.69) is 20.9 Å². The van der Waals surface area contributed by atoms with Crippen molar-refractivity contribution in [2.75, 3.05) is 50.9 Å². The van der Waals surface area contributed by atoms with E-state index in [4.69, 9.17) is 0 Å². The van der Waals surface area contributed by atoms with Crippen LogP contribution in [0.3, 0.4) is 0 Å². The molecule has 8 heteroatoms. The maximum absolute atomic E-state index is 14.3. The number of rotatable bonds is 10. The van der Waals surface area contributed by atoms with E-state index in [9.17, 15) is 13.6 Å². The number of benzene rings is 2. The molecule has 1 aliphatic heterocycles. The van der Waals surface area contributed by atoms with Gasteiger partial charge >= 0.3 is 0 Å². The molecule has 34 heavy (non-hydrogen) atoms. The van der Waals surface area contributed by atoms with Gasteiger partial charge in [0.05, 0.1) is 12.2 Å². The molecule has 0 aliphatic carbocycles. The normalized spacial score (nSPS) is 14.3. The number of anilines is 2. The highest BCUT2D eigenvalue weighted by Gasteiger charge is 2.23. The summed E-state index contributed by atoms with van der Waals surface area (Å²) in [5.74, 6) is -1.70. The minimum Gasteiger partial charge on any atom is -0.386 e. The minimum absolute atomic E-state index is 0.0914. The van der Waals surface area contributed by atoms with Gasteiger partial charge in [0, 0.05) is 48.9 Å². The summed E-state index contributed by atoms with van der Waals surface area (Å²) in [6, 6.07) is 8.85. The third-order valence-electron chi connectivity index (χ3n) is 5.93. The van der Waals surface area contributed by atoms with Crippen LogP contribution in [0.1, 0.15) is 41.8 Å². The van der Waals surface area contributed by atoms with Gasteiger partial charge in [-0.25, -0.2) is 8.78 Å². The van der Waals surface area contributed by atoms with Crippen LogP contribution in [0.4, 0.5) is 20.2 Å². The maximum Gasteiger partial charge on any atom is 0.254 e. The number of nitrogens with one attached hydrogen (secondary N) is 3. The molecule has 0 radical (unpaired) electrons. The van der Waals surface area contributed by atoms with Gasteiger partial charge in [-0.3, -0.25) is 9.79 Å². The Morgan fingerprint density at radius 2 is 1.94 bits per heavy atom. The van der Waals surface area contributed by atoms with Crippen molar-refractivity contribution in [3.8, 4) is 0 Å². The zero-order valence-corrected chi connectivity index (χ0v) is 20.3. The SMILES string of the molecule is CNCCCN1CCc2cc(NCC(C)=N/C=C(\C)c3ccc(NC)c(F)c3F)ccc2C1=O. The van der Waals surface area contributed by atoms with Crippen molar-refractivity contribution in [1.82, 2.24) is 10.2 Å². The van der Waals surface area contributed by atoms with Crippen LogP contribution in [-0.4, -0.2) is 56.8 Å². The average molecular weight is 470 g/mol. The van der Waals surface area contributed by atoms with E-state index in [0.717, 1.165) is 55.0 Å². The molecule has 0 unspecified atom stereocenters. The molecule has 0 aromatic heterocycles. The molecule has 0 atom stereocenters. The Kier molecular flexibility index (Phi) is 8.76. The monoisotopic (exact) mass is 469 g/mol. The van der Waals surface area contributed by atoms with E-state index >= 15 is 0 Å². The predicted octanol–water partition coefficient (Wildman–Crippen LogP) is 4.55. The summed E-state index contributed by atoms with van der Waals surface area (Å²) < 4.78 is 28.3. The molecule has 3 N–H and O–H groups in total. The molecular formula is C26H33F2N5O. The van der Waals surface area contributed by atoms with Gasteiger partial charge in [-0.05, 0) is 81.7 Å². The summed E-state index contributed by atoms with van der Waals surface area (Å²) in [6.07, 6.45) is 3.31. The average Bonchev–Trinajstić information content (AvgIpc) is 2.84. The Labute approximate surface area is 200 Å². The second kappa shape index (κ2) is 11.7. The first-order valence-corrected chi connectivity index (χ1v) is 11.5. The molecule has 0 fully saturated rings. The fraction of sp³-hybridized carbons (Fsp3) is 0.385. The van der Waals surface area contributed by atoms with E-state index in [0.29, 0.717) is 12.1 Å². The van der Waals surface area contributed by atoms with Crippen molar-refractivity contribution >= 4 is 28.6 Å². The molecule has 0 saturated heterocycles. The molecule has 2 aromatic carbocycles. The van der Waals surface area contributed by atoms with Gasteiger partial charge < -0.3 is 20.9 Å². The van der Waals surface area contributed by atoms with Gasteiger partial charge in [0.25, 0.3) is 5.91 Å². The van der Waals surface area contributed by atoms with Crippen LogP contribution in [0.15, 0.2) is 41.5 Å². The smallest absolute Gasteiger partial charge is 0.254 e. The minimum atomic E-state index is -0.901. The summed E-state index contributed by atoms with van der Waals surface area (Å²) in [6.45, 7) is 6.44. The molecule has 2 aromatic rings. The zero-order chi connectivity index (χ0) is 24.7. The van der Waals surface area contributed by atoms with Crippen LogP contribution in [0.25, 0.3) is 5.57 Å². The molecule has 1 heterocycles. The molecule has 182 valence electrons. The second-order valence-corrected chi connectivity index (χ2v) is 8.44. The standard InChI is InChI=1S/C26H33F2N5O/c1-17(21-8-9-23(30-4)25(28)24(21)27)15-31-18(2)16-32-20-6-7-22-19(14-20)10-13-33(26(22)34)12-5-11-29-3/h6-9,14-15,29-30,32H,5,10-13,16H2,1-4H3/b17-15+,31-18?. The van der Waals surface area contributed by atoms with Gasteiger partial charge in [-0.1, -0.05) is 0 Å². The van der Waals surface area contributed by atoms with Crippen LogP contribution >= 0.6 is 0 Å². The fourth-order valence-electron chi connectivity index (χ4n) is 3.91. The highest BCUT2D eigenvalue weighted by molar-refractivity contribution is 5.97. The zero-order valence-electron chi connectivity index (χ0n) is 20.3. The second-order valence-electron chi connectivity index (χ2n) is 8.44. The Morgan fingerprint density at radius 3 is 2.68 bits per heavy atom. The number of hydrogen-bond donors (Lipinski definition) is 3. The lowest BCUT2D eigenvalue weighted by molar-refractivity contribution is 0.0738. The Hall–Kier alpha value is -3.26. The number of hydrogen-bond acceptors (Lipinski definition) is 5. The number of nitrogens with zero attached hydrogens (tertiary/aromatic N) is 2. The number of halogens is 2. The van der Waals surface area contributed by atoms with Gasteiger partial charge in [-0.15, -0.1) is 0 Å². The Balaban J connectivity index is 1.61. The summed E-state index contributed by atoms with van der Waals surface area (Å²) in [5, 5.41) is 9.06. The van der Waals surface area contributed by atoms with Crippen LogP contribution in [-0.2, 0) is 6.42 Å². The van der Waals surface area contributed by atoms with Crippen molar-refractivity contribution in [1.29, 1.82) is 0 Å². The molecule has 1 amide bonds. The van der Waals surface area contributed by atoms with Crippen LogP contribution in [0.2, 0.25) is 0 Å². The summed E-state index contributed by atoms with van der Waals surface area (Å²) in [7, 11) is 3.46. The number of aliphatic imine (C=N–C) groups is 1. The summed E-state index contributed by atoms with van der Waals surface area (Å²) in [5.41, 5.74) is 4.35. The fourth-order valence-corrected chi connectivity index (χ4v) is 3.91. The highest BCUT2D eigenvalue weighted by atomic mass is 19.2. The van der Waals surface area contributed by atoms with Crippen LogP contribution in [0, 0.1) is 11.6 Å². The topological polar surface area (TPSA) is 68.8 Å². The molecule has 6 nitrogen and oxygen atoms in total. The van der Waals surface area contributed by atoms with Gasteiger partial charge in [0.2, 0.25) is 0 Å². The van der Waals surface area contributed by atoms with Crippen LogP contribution in [0.5, 0.6) is 0 Å². The highest BCUT2D eigenvalue weighted by Crippen LogP contribution is 2.25. The van der Waals surface area contributed by atoms with E-state index in [1.807, 2.05) is 37.1 Å². The largest absolute Gasteiger partial charge is 0.386 e. The van der Waals surface area contributed by atoms with Gasteiger partial charge in [0.1, 0.15) is 0 Å². The number of carbonyl (C=O) groups is 1. The van der Waals surface area contributed by atoms with Crippen molar-refractivity contribution in [3.05, 3.63) is 64.9 Å². The predicted molar refractivity (Wildman–Crippen MR) is 136 cm³/mol. The van der Waals surface area contributed by atoms with E-state index in [1.54, 1.807) is 20.2 Å². The first kappa shape index (κ1) is 25.4. The van der Waals surface area contributed by atoms with Crippen LogP contribution < -0.4 is 16.0 Å². The first-order valence-electron chi connectivity index (χ1n) is 11.5. The van der Waals surface area contributed by atoms with Crippen molar-refractivity contribution < 1.29 is 13.6 Å². The van der Waals surface area contributed by atoms with Gasteiger partial charge in [0.15, 0.2) is 11.6 Å². The molecule has 0 saturated carbocycles. The van der Waals surface area contributed by atoms with E-state index in [-0.39, 0.29) is 17.2 Å². The van der Waals surface area contributed by atoms with E-state index in [1.165, 1.54) is 12.1 Å². The number of carbonyl (C=O) groups excluding carboxylic acids is 1. The number of allylic oxidation sites excluding steroid dienone is 1. The molecule has 0 bridgehead atoms. The van der Waals surface area contributed by atoms with Crippen molar-refractivity contribution in [2.45, 2.75) is 26.7 Å². The van der Waals surface area contributed by atoms with Gasteiger partial charge in [-0.2, -0.15) is 0 Å². The lowest BCUT2D eigenvalue weighted by Crippen LogP contribution is -2.39. The lowest BCUT2D eigenvalue weighted by atomic mass is 9.98. The number of amides is 1. The lowest BCUT2D eigenvalue weighted by Gasteiger charge is -2.29. The quantitative estimate of drug-likeness (QED) is 0.353. The number of fused-ring (bicyclic) bond motifs is 1. The van der Waals surface area contributed by atoms with Crippen molar-refractivity contribution in [3.63, 3.8) is 0 Å². The first-order chi connectivity index (χ1) is 16.3.